The predicted molar refractivity (Wildman–Crippen MR) is 118 cm³/mol. The number of carbonyl (C=O) groups excluding carboxylic acids is 1. The lowest BCUT2D eigenvalue weighted by Gasteiger charge is -2.11. The Morgan fingerprint density at radius 1 is 0.893 bits per heavy atom. The van der Waals surface area contributed by atoms with E-state index in [1.54, 1.807) is 18.2 Å². The Bertz CT molecular complexity index is 1090. The molecule has 1 heterocycles. The number of amides is 1. The van der Waals surface area contributed by atoms with E-state index in [2.05, 4.69) is 37.0 Å². The molecule has 0 aromatic heterocycles. The number of benzene rings is 3. The zero-order chi connectivity index (χ0) is 19.7. The summed E-state index contributed by atoms with van der Waals surface area (Å²) >= 11 is 6.67. The van der Waals surface area contributed by atoms with Gasteiger partial charge in [-0.15, -0.1) is 0 Å². The Balaban J connectivity index is 1.85. The Hall–Kier alpha value is -2.70. The monoisotopic (exact) mass is 496 g/mol. The second-order valence-electron chi connectivity index (χ2n) is 6.16. The van der Waals surface area contributed by atoms with Crippen LogP contribution in [0.25, 0.3) is 6.08 Å². The van der Waals surface area contributed by atoms with E-state index in [0.717, 1.165) is 11.1 Å². The first-order chi connectivity index (χ1) is 13.5. The number of phenolic OH excluding ortho intramolecular Hbond substituents is 1. The minimum Gasteiger partial charge on any atom is -0.506 e. The quantitative estimate of drug-likeness (QED) is 0.468. The Kier molecular flexibility index (Phi) is 5.15. The fourth-order valence-corrected chi connectivity index (χ4v) is 4.16. The van der Waals surface area contributed by atoms with Crippen LogP contribution >= 0.6 is 31.9 Å². The van der Waals surface area contributed by atoms with E-state index in [4.69, 9.17) is 0 Å². The highest BCUT2D eigenvalue weighted by molar-refractivity contribution is 9.11. The summed E-state index contributed by atoms with van der Waals surface area (Å²) in [5.41, 5.74) is 3.42. The van der Waals surface area contributed by atoms with Crippen LogP contribution in [0.5, 0.6) is 5.75 Å². The van der Waals surface area contributed by atoms with Gasteiger partial charge >= 0.3 is 0 Å². The minimum absolute atomic E-state index is 0.114. The molecule has 0 spiro atoms. The zero-order valence-electron chi connectivity index (χ0n) is 14.5. The number of hydrazone groups is 1. The van der Waals surface area contributed by atoms with E-state index < -0.39 is 0 Å². The molecule has 0 aliphatic carbocycles. The van der Waals surface area contributed by atoms with Gasteiger partial charge in [-0.2, -0.15) is 10.1 Å². The van der Waals surface area contributed by atoms with Gasteiger partial charge in [0, 0.05) is 5.56 Å². The van der Waals surface area contributed by atoms with E-state index >= 15 is 0 Å². The first-order valence-corrected chi connectivity index (χ1v) is 10.1. The second-order valence-corrected chi connectivity index (χ2v) is 7.87. The van der Waals surface area contributed by atoms with E-state index in [0.29, 0.717) is 25.9 Å². The number of carbonyl (C=O) groups is 1. The standard InChI is InChI=1S/C22H14Br2N2O2/c23-18-12-14(13-19(24)21(18)27)11-17-20(15-7-3-1-4-8-15)25-26(22(17)28)16-9-5-2-6-10-16/h1-13,27H/b17-11-. The van der Waals surface area contributed by atoms with Crippen LogP contribution in [0.4, 0.5) is 5.69 Å². The van der Waals surface area contributed by atoms with E-state index in [-0.39, 0.29) is 11.7 Å². The van der Waals surface area contributed by atoms with E-state index in [1.165, 1.54) is 5.01 Å². The number of halogens is 2. The SMILES string of the molecule is O=C1/C(=C\c2cc(Br)c(O)c(Br)c2)C(c2ccccc2)=NN1c1ccccc1. The van der Waals surface area contributed by atoms with Crippen LogP contribution in [-0.4, -0.2) is 16.7 Å². The van der Waals surface area contributed by atoms with Gasteiger partial charge in [-0.3, -0.25) is 4.79 Å². The van der Waals surface area contributed by atoms with Crippen LogP contribution in [0.2, 0.25) is 0 Å². The Morgan fingerprint density at radius 3 is 2.07 bits per heavy atom. The molecule has 0 radical (unpaired) electrons. The number of para-hydroxylation sites is 1. The second kappa shape index (κ2) is 7.73. The summed E-state index contributed by atoms with van der Waals surface area (Å²) in [5.74, 6) is -0.0897. The van der Waals surface area contributed by atoms with Crippen LogP contribution in [0.1, 0.15) is 11.1 Å². The molecule has 1 aliphatic heterocycles. The van der Waals surface area contributed by atoms with Crippen molar-refractivity contribution >= 4 is 55.2 Å². The van der Waals surface area contributed by atoms with Gasteiger partial charge in [0.05, 0.1) is 20.2 Å². The van der Waals surface area contributed by atoms with Gasteiger partial charge in [0.25, 0.3) is 5.91 Å². The van der Waals surface area contributed by atoms with Crippen molar-refractivity contribution in [3.63, 3.8) is 0 Å². The van der Waals surface area contributed by atoms with Crippen molar-refractivity contribution in [2.45, 2.75) is 0 Å². The van der Waals surface area contributed by atoms with Crippen LogP contribution < -0.4 is 5.01 Å². The molecule has 0 fully saturated rings. The maximum Gasteiger partial charge on any atom is 0.281 e. The average Bonchev–Trinajstić information content (AvgIpc) is 3.04. The van der Waals surface area contributed by atoms with Crippen LogP contribution in [0.15, 0.2) is 92.4 Å². The molecule has 1 amide bonds. The van der Waals surface area contributed by atoms with Crippen molar-refractivity contribution in [2.24, 2.45) is 5.10 Å². The third-order valence-electron chi connectivity index (χ3n) is 4.28. The average molecular weight is 498 g/mol. The van der Waals surface area contributed by atoms with Gasteiger partial charge in [-0.25, -0.2) is 0 Å². The van der Waals surface area contributed by atoms with Crippen LogP contribution in [-0.2, 0) is 4.79 Å². The van der Waals surface area contributed by atoms with E-state index in [1.807, 2.05) is 60.7 Å². The van der Waals surface area contributed by atoms with Gasteiger partial charge in [0.1, 0.15) is 11.5 Å². The molecule has 0 saturated heterocycles. The fraction of sp³-hybridized carbons (Fsp3) is 0. The van der Waals surface area contributed by atoms with Crippen LogP contribution in [0, 0.1) is 0 Å². The smallest absolute Gasteiger partial charge is 0.281 e. The first-order valence-electron chi connectivity index (χ1n) is 8.48. The predicted octanol–water partition coefficient (Wildman–Crippen LogP) is 5.75. The maximum atomic E-state index is 13.2. The molecule has 4 nitrogen and oxygen atoms in total. The molecule has 0 atom stereocenters. The highest BCUT2D eigenvalue weighted by atomic mass is 79.9. The van der Waals surface area contributed by atoms with Crippen LogP contribution in [0.3, 0.4) is 0 Å². The molecule has 4 rings (SSSR count). The topological polar surface area (TPSA) is 52.9 Å². The molecular weight excluding hydrogens is 484 g/mol. The number of anilines is 1. The molecule has 3 aromatic rings. The van der Waals surface area contributed by atoms with Crippen molar-refractivity contribution in [1.29, 1.82) is 0 Å². The molecule has 0 unspecified atom stereocenters. The molecule has 3 aromatic carbocycles. The van der Waals surface area contributed by atoms with Crippen molar-refractivity contribution < 1.29 is 9.90 Å². The molecule has 0 saturated carbocycles. The number of hydrogen-bond acceptors (Lipinski definition) is 3. The molecular formula is C22H14Br2N2O2. The third-order valence-corrected chi connectivity index (χ3v) is 5.49. The lowest BCUT2D eigenvalue weighted by atomic mass is 10.0. The molecule has 1 N–H and O–H groups in total. The molecule has 6 heteroatoms. The molecule has 28 heavy (non-hydrogen) atoms. The van der Waals surface area contributed by atoms with Crippen molar-refractivity contribution in [3.8, 4) is 5.75 Å². The van der Waals surface area contributed by atoms with Gasteiger partial charge in [0.2, 0.25) is 0 Å². The number of nitrogens with zero attached hydrogens (tertiary/aromatic N) is 2. The molecule has 138 valence electrons. The number of rotatable bonds is 3. The number of phenols is 1. The summed E-state index contributed by atoms with van der Waals surface area (Å²) in [6.45, 7) is 0. The first kappa shape index (κ1) is 18.7. The summed E-state index contributed by atoms with van der Waals surface area (Å²) in [5, 5.41) is 16.0. The largest absolute Gasteiger partial charge is 0.506 e. The lowest BCUT2D eigenvalue weighted by molar-refractivity contribution is -0.114. The normalized spacial score (nSPS) is 15.2. The summed E-state index contributed by atoms with van der Waals surface area (Å²) in [6.07, 6.45) is 1.78. The summed E-state index contributed by atoms with van der Waals surface area (Å²) in [6, 6.07) is 22.5. The number of aromatic hydroxyl groups is 1. The summed E-state index contributed by atoms with van der Waals surface area (Å²) in [4.78, 5) is 13.2. The minimum atomic E-state index is -0.203. The van der Waals surface area contributed by atoms with Gasteiger partial charge < -0.3 is 5.11 Å². The molecule has 1 aliphatic rings. The molecule has 0 bridgehead atoms. The van der Waals surface area contributed by atoms with Gasteiger partial charge in [-0.05, 0) is 67.8 Å². The third kappa shape index (κ3) is 3.53. The highest BCUT2D eigenvalue weighted by Crippen LogP contribution is 2.35. The zero-order valence-corrected chi connectivity index (χ0v) is 17.7. The summed E-state index contributed by atoms with van der Waals surface area (Å²) in [7, 11) is 0. The number of hydrogen-bond donors (Lipinski definition) is 1. The summed E-state index contributed by atoms with van der Waals surface area (Å²) < 4.78 is 1.08. The Labute approximate surface area is 179 Å². The lowest BCUT2D eigenvalue weighted by Crippen LogP contribution is -2.21. The van der Waals surface area contributed by atoms with Crippen molar-refractivity contribution in [1.82, 2.24) is 0 Å². The van der Waals surface area contributed by atoms with Crippen molar-refractivity contribution in [2.75, 3.05) is 5.01 Å². The van der Waals surface area contributed by atoms with Crippen molar-refractivity contribution in [3.05, 3.63) is 98.4 Å². The Morgan fingerprint density at radius 2 is 1.46 bits per heavy atom. The van der Waals surface area contributed by atoms with E-state index in [9.17, 15) is 9.90 Å². The highest BCUT2D eigenvalue weighted by Gasteiger charge is 2.32. The fourth-order valence-electron chi connectivity index (χ4n) is 2.93. The van der Waals surface area contributed by atoms with Gasteiger partial charge in [0.15, 0.2) is 0 Å². The van der Waals surface area contributed by atoms with Gasteiger partial charge in [-0.1, -0.05) is 48.5 Å². The maximum absolute atomic E-state index is 13.2.